The Kier molecular flexibility index (Phi) is 11.1. The Morgan fingerprint density at radius 1 is 0.275 bits per heavy atom. The summed E-state index contributed by atoms with van der Waals surface area (Å²) in [5, 5.41) is 5.00. The van der Waals surface area contributed by atoms with Gasteiger partial charge in [-0.05, 0) is 153 Å². The Morgan fingerprint density at radius 3 is 1.29 bits per heavy atom. The van der Waals surface area contributed by atoms with E-state index in [2.05, 4.69) is 254 Å². The molecule has 0 radical (unpaired) electrons. The minimum absolute atomic E-state index is 1.12. The number of benzene rings is 10. The molecule has 0 bridgehead atoms. The van der Waals surface area contributed by atoms with Gasteiger partial charge in [-0.25, -0.2) is 0 Å². The van der Waals surface area contributed by atoms with Crippen molar-refractivity contribution in [1.29, 1.82) is 0 Å². The van der Waals surface area contributed by atoms with Gasteiger partial charge in [0.25, 0.3) is 0 Å². The fourth-order valence-corrected chi connectivity index (χ4v) is 10.7. The molecule has 0 aliphatic heterocycles. The summed E-state index contributed by atoms with van der Waals surface area (Å²) >= 11 is 0. The molecule has 0 aliphatic rings. The minimum Gasteiger partial charge on any atom is -0.309 e. The van der Waals surface area contributed by atoms with Gasteiger partial charge in [-0.3, -0.25) is 0 Å². The summed E-state index contributed by atoms with van der Waals surface area (Å²) in [4.78, 5) is 0. The maximum atomic E-state index is 2.42. The molecule has 69 heavy (non-hydrogen) atoms. The van der Waals surface area contributed by atoms with Crippen LogP contribution in [0.3, 0.4) is 0 Å². The van der Waals surface area contributed by atoms with Crippen LogP contribution in [0.4, 0.5) is 0 Å². The first-order chi connectivity index (χ1) is 34.1. The zero-order valence-corrected chi connectivity index (χ0v) is 39.4. The van der Waals surface area contributed by atoms with Crippen LogP contribution in [0, 0.1) is 0 Å². The SMILES string of the molecule is CCCCc1cccc(-c2ccccc2-c2ccc(-n3c4ccccc4c4cc(-c5ccc6c(c5)c5ccccc5n6-c5ccc(-c6cccc(-c7ccc(CCC)cc7)c6)cc5)ccc43)cc2)c1. The predicted molar refractivity (Wildman–Crippen MR) is 295 cm³/mol. The maximum absolute atomic E-state index is 2.42. The molecule has 0 N–H and O–H groups in total. The van der Waals surface area contributed by atoms with E-state index in [0.717, 1.165) is 30.6 Å². The standard InChI is InChI=1S/C67H54N2/c1-3-5-15-47-16-12-19-55(42-47)59-21-7-6-20-58(59)50-32-38-57(39-33-50)69-65-25-11-9-23-61(65)63-45-54(35-41-67(63)69)53-34-40-66-62(44-53)60-22-8-10-24-64(60)68(66)56-36-30-49(31-37-56)52-18-13-17-51(43-52)48-28-26-46(14-4-2)27-29-48/h6-13,16-45H,3-5,14-15H2,1-2H3. The van der Waals surface area contributed by atoms with Gasteiger partial charge in [0.05, 0.1) is 22.1 Å². The molecular weight excluding hydrogens is 833 g/mol. The highest BCUT2D eigenvalue weighted by Gasteiger charge is 2.17. The Labute approximate surface area is 405 Å². The number of fused-ring (bicyclic) bond motifs is 6. The Bertz CT molecular complexity index is 3810. The van der Waals surface area contributed by atoms with E-state index in [-0.39, 0.29) is 0 Å². The Balaban J connectivity index is 0.870. The molecule has 2 heterocycles. The van der Waals surface area contributed by atoms with E-state index in [0.29, 0.717) is 0 Å². The molecule has 2 aromatic heterocycles. The lowest BCUT2D eigenvalue weighted by Gasteiger charge is -2.13. The molecule has 332 valence electrons. The van der Waals surface area contributed by atoms with Crippen molar-refractivity contribution < 1.29 is 0 Å². The van der Waals surface area contributed by atoms with Crippen molar-refractivity contribution in [2.24, 2.45) is 0 Å². The number of nitrogens with zero attached hydrogens (tertiary/aromatic N) is 2. The lowest BCUT2D eigenvalue weighted by molar-refractivity contribution is 0.795. The molecule has 0 atom stereocenters. The summed E-state index contributed by atoms with van der Waals surface area (Å²) in [6.45, 7) is 4.49. The van der Waals surface area contributed by atoms with Crippen molar-refractivity contribution in [3.63, 3.8) is 0 Å². The summed E-state index contributed by atoms with van der Waals surface area (Å²) < 4.78 is 4.84. The van der Waals surface area contributed by atoms with Gasteiger partial charge in [-0.15, -0.1) is 0 Å². The lowest BCUT2D eigenvalue weighted by atomic mass is 9.93. The fraction of sp³-hybridized carbons (Fsp3) is 0.104. The molecule has 10 aromatic carbocycles. The summed E-state index contributed by atoms with van der Waals surface area (Å²) in [5.41, 5.74) is 22.3. The molecule has 0 unspecified atom stereocenters. The zero-order chi connectivity index (χ0) is 46.3. The first-order valence-corrected chi connectivity index (χ1v) is 24.8. The normalized spacial score (nSPS) is 11.6. The Morgan fingerprint density at radius 2 is 0.725 bits per heavy atom. The topological polar surface area (TPSA) is 9.86 Å². The third-order valence-electron chi connectivity index (χ3n) is 14.2. The number of hydrogen-bond donors (Lipinski definition) is 0. The van der Waals surface area contributed by atoms with Gasteiger partial charge in [0.15, 0.2) is 0 Å². The molecule has 0 fully saturated rings. The first kappa shape index (κ1) is 42.2. The van der Waals surface area contributed by atoms with Crippen LogP contribution in [0.25, 0.3) is 111 Å². The Hall–Kier alpha value is -8.20. The first-order valence-electron chi connectivity index (χ1n) is 24.8. The van der Waals surface area contributed by atoms with Gasteiger partial charge in [0.1, 0.15) is 0 Å². The van der Waals surface area contributed by atoms with E-state index in [1.54, 1.807) is 0 Å². The highest BCUT2D eigenvalue weighted by atomic mass is 15.0. The van der Waals surface area contributed by atoms with Crippen molar-refractivity contribution in [3.8, 4) is 67.0 Å². The summed E-state index contributed by atoms with van der Waals surface area (Å²) in [7, 11) is 0. The highest BCUT2D eigenvalue weighted by Crippen LogP contribution is 2.40. The van der Waals surface area contributed by atoms with Gasteiger partial charge >= 0.3 is 0 Å². The van der Waals surface area contributed by atoms with Crippen LogP contribution in [0.5, 0.6) is 0 Å². The van der Waals surface area contributed by atoms with E-state index in [4.69, 9.17) is 0 Å². The van der Waals surface area contributed by atoms with Crippen LogP contribution >= 0.6 is 0 Å². The molecule has 0 spiro atoms. The van der Waals surface area contributed by atoms with Crippen LogP contribution in [0.2, 0.25) is 0 Å². The summed E-state index contributed by atoms with van der Waals surface area (Å²) in [5.74, 6) is 0. The number of rotatable bonds is 12. The van der Waals surface area contributed by atoms with Crippen molar-refractivity contribution in [1.82, 2.24) is 9.13 Å². The molecule has 0 saturated heterocycles. The van der Waals surface area contributed by atoms with Gasteiger partial charge in [-0.1, -0.05) is 190 Å². The molecule has 12 rings (SSSR count). The number of para-hydroxylation sites is 2. The van der Waals surface area contributed by atoms with Crippen LogP contribution in [-0.4, -0.2) is 9.13 Å². The van der Waals surface area contributed by atoms with Gasteiger partial charge in [0, 0.05) is 32.9 Å². The number of aromatic nitrogens is 2. The average molecular weight is 887 g/mol. The van der Waals surface area contributed by atoms with Gasteiger partial charge in [0.2, 0.25) is 0 Å². The van der Waals surface area contributed by atoms with Crippen molar-refractivity contribution in [2.45, 2.75) is 46.0 Å². The molecule has 2 heteroatoms. The molecule has 12 aromatic rings. The van der Waals surface area contributed by atoms with Gasteiger partial charge in [-0.2, -0.15) is 0 Å². The number of unbranched alkanes of at least 4 members (excludes halogenated alkanes) is 1. The van der Waals surface area contributed by atoms with Crippen molar-refractivity contribution >= 4 is 43.6 Å². The quantitative estimate of drug-likeness (QED) is 0.116. The van der Waals surface area contributed by atoms with E-state index < -0.39 is 0 Å². The van der Waals surface area contributed by atoms with E-state index in [9.17, 15) is 0 Å². The van der Waals surface area contributed by atoms with Crippen LogP contribution in [-0.2, 0) is 12.8 Å². The monoisotopic (exact) mass is 886 g/mol. The van der Waals surface area contributed by atoms with E-state index in [1.165, 1.54) is 123 Å². The average Bonchev–Trinajstić information content (AvgIpc) is 3.93. The molecule has 0 saturated carbocycles. The molecule has 2 nitrogen and oxygen atoms in total. The highest BCUT2D eigenvalue weighted by molar-refractivity contribution is 6.12. The number of hydrogen-bond acceptors (Lipinski definition) is 0. The van der Waals surface area contributed by atoms with Crippen LogP contribution in [0.1, 0.15) is 44.2 Å². The second kappa shape index (κ2) is 18.1. The zero-order valence-electron chi connectivity index (χ0n) is 39.4. The van der Waals surface area contributed by atoms with Gasteiger partial charge < -0.3 is 9.13 Å². The summed E-state index contributed by atoms with van der Waals surface area (Å²) in [6.07, 6.45) is 5.81. The molecular formula is C67H54N2. The smallest absolute Gasteiger partial charge is 0.0541 e. The minimum atomic E-state index is 1.12. The van der Waals surface area contributed by atoms with Crippen molar-refractivity contribution in [2.75, 3.05) is 0 Å². The molecule has 0 aliphatic carbocycles. The van der Waals surface area contributed by atoms with E-state index in [1.807, 2.05) is 0 Å². The third-order valence-corrected chi connectivity index (χ3v) is 14.2. The molecule has 0 amide bonds. The van der Waals surface area contributed by atoms with Crippen molar-refractivity contribution in [3.05, 3.63) is 242 Å². The van der Waals surface area contributed by atoms with Crippen LogP contribution < -0.4 is 0 Å². The van der Waals surface area contributed by atoms with E-state index >= 15 is 0 Å². The number of aryl methyl sites for hydroxylation is 2. The fourth-order valence-electron chi connectivity index (χ4n) is 10.7. The summed E-state index contributed by atoms with van der Waals surface area (Å²) in [6, 6.07) is 85.8. The predicted octanol–water partition coefficient (Wildman–Crippen LogP) is 18.5. The largest absolute Gasteiger partial charge is 0.309 e. The van der Waals surface area contributed by atoms with Crippen LogP contribution in [0.15, 0.2) is 231 Å². The third kappa shape index (κ3) is 7.82. The second-order valence-corrected chi connectivity index (χ2v) is 18.6. The second-order valence-electron chi connectivity index (χ2n) is 18.6. The lowest BCUT2D eigenvalue weighted by Crippen LogP contribution is -1.94. The maximum Gasteiger partial charge on any atom is 0.0541 e.